The number of amides is 1. The first-order valence-electron chi connectivity index (χ1n) is 5.35. The first kappa shape index (κ1) is 11.9. The summed E-state index contributed by atoms with van der Waals surface area (Å²) in [6.07, 6.45) is -0.389. The molecule has 0 atom stereocenters. The van der Waals surface area contributed by atoms with Crippen LogP contribution in [0.15, 0.2) is 24.3 Å². The van der Waals surface area contributed by atoms with Gasteiger partial charge in [0.1, 0.15) is 0 Å². The molecule has 0 bridgehead atoms. The van der Waals surface area contributed by atoms with Crippen molar-refractivity contribution in [2.75, 3.05) is 20.8 Å². The van der Waals surface area contributed by atoms with Gasteiger partial charge in [-0.2, -0.15) is 0 Å². The monoisotopic (exact) mass is 237 g/mol. The van der Waals surface area contributed by atoms with Crippen LogP contribution in [0.2, 0.25) is 0 Å². The number of benzene rings is 1. The van der Waals surface area contributed by atoms with Gasteiger partial charge in [-0.05, 0) is 12.0 Å². The maximum absolute atomic E-state index is 11.3. The molecule has 0 spiro atoms. The fraction of sp³-hybridized carbons (Fsp3) is 0.417. The Morgan fingerprint density at radius 2 is 2.00 bits per heavy atom. The van der Waals surface area contributed by atoms with E-state index in [1.54, 1.807) is 0 Å². The molecule has 0 fully saturated rings. The van der Waals surface area contributed by atoms with E-state index in [-0.39, 0.29) is 0 Å². The van der Waals surface area contributed by atoms with Crippen LogP contribution >= 0.6 is 0 Å². The summed E-state index contributed by atoms with van der Waals surface area (Å²) in [5.41, 5.74) is 1.80. The zero-order valence-corrected chi connectivity index (χ0v) is 9.84. The number of carboxylic acid groups (broad SMARTS) is 1. The molecule has 0 unspecified atom stereocenters. The lowest BCUT2D eigenvalue weighted by Crippen LogP contribution is -2.55. The van der Waals surface area contributed by atoms with E-state index in [1.165, 1.54) is 19.1 Å². The molecule has 0 saturated heterocycles. The second-order valence-electron chi connectivity index (χ2n) is 3.83. The van der Waals surface area contributed by atoms with Crippen LogP contribution in [0.4, 0.5) is 4.79 Å². The molecular weight excluding hydrogens is 222 g/mol. The first-order valence-corrected chi connectivity index (χ1v) is 5.35. The topological polar surface area (TPSA) is 59.0 Å². The summed E-state index contributed by atoms with van der Waals surface area (Å²) in [5, 5.41) is 9.23. The lowest BCUT2D eigenvalue weighted by atomic mass is 9.96. The summed E-state index contributed by atoms with van der Waals surface area (Å²) in [4.78, 5) is 12.4. The Kier molecular flexibility index (Phi) is 3.04. The van der Waals surface area contributed by atoms with Crippen molar-refractivity contribution in [1.29, 1.82) is 0 Å². The van der Waals surface area contributed by atoms with Gasteiger partial charge in [-0.15, -0.1) is 0 Å². The third-order valence-electron chi connectivity index (χ3n) is 3.10. The average molecular weight is 237 g/mol. The molecule has 1 aromatic carbocycles. The molecule has 1 amide bonds. The smallest absolute Gasteiger partial charge is 0.411 e. The van der Waals surface area contributed by atoms with E-state index < -0.39 is 12.0 Å². The normalized spacial score (nSPS) is 17.6. The number of nitrogens with zero attached hydrogens (tertiary/aromatic N) is 1. The number of hydrogen-bond acceptors (Lipinski definition) is 3. The predicted molar refractivity (Wildman–Crippen MR) is 60.6 cm³/mol. The zero-order valence-electron chi connectivity index (χ0n) is 9.84. The molecule has 1 N–H and O–H groups in total. The van der Waals surface area contributed by atoms with Crippen LogP contribution in [-0.2, 0) is 21.8 Å². The van der Waals surface area contributed by atoms with E-state index in [9.17, 15) is 9.90 Å². The standard InChI is InChI=1S/C12H15NO4/c1-16-12(17-2)10-6-4-3-5-9(10)7-8-13(12)11(14)15/h3-6H,7-8H2,1-2H3,(H,14,15). The fourth-order valence-corrected chi connectivity index (χ4v) is 2.32. The number of fused-ring (bicyclic) bond motifs is 1. The highest BCUT2D eigenvalue weighted by Gasteiger charge is 2.46. The number of rotatable bonds is 2. The van der Waals surface area contributed by atoms with E-state index in [1.807, 2.05) is 24.3 Å². The van der Waals surface area contributed by atoms with Crippen molar-refractivity contribution < 1.29 is 19.4 Å². The highest BCUT2D eigenvalue weighted by molar-refractivity contribution is 5.67. The molecule has 1 aliphatic heterocycles. The Morgan fingerprint density at radius 1 is 1.35 bits per heavy atom. The Labute approximate surface area is 99.6 Å². The third-order valence-corrected chi connectivity index (χ3v) is 3.10. The van der Waals surface area contributed by atoms with E-state index in [0.29, 0.717) is 13.0 Å². The summed E-state index contributed by atoms with van der Waals surface area (Å²) in [6.45, 7) is 0.355. The SMILES string of the molecule is COC1(OC)c2ccccc2CCN1C(=O)O. The predicted octanol–water partition coefficient (Wildman–Crippen LogP) is 1.63. The van der Waals surface area contributed by atoms with Crippen molar-refractivity contribution in [2.45, 2.75) is 12.3 Å². The number of methoxy groups -OCH3 is 2. The maximum atomic E-state index is 11.3. The largest absolute Gasteiger partial charge is 0.465 e. The Hall–Kier alpha value is -1.59. The second kappa shape index (κ2) is 4.35. The molecule has 0 aliphatic carbocycles. The molecule has 17 heavy (non-hydrogen) atoms. The molecule has 1 aromatic rings. The molecule has 0 aromatic heterocycles. The second-order valence-corrected chi connectivity index (χ2v) is 3.83. The van der Waals surface area contributed by atoms with Gasteiger partial charge in [-0.1, -0.05) is 24.3 Å². The minimum Gasteiger partial charge on any atom is -0.465 e. The summed E-state index contributed by atoms with van der Waals surface area (Å²) in [7, 11) is 2.89. The van der Waals surface area contributed by atoms with Crippen LogP contribution < -0.4 is 0 Å². The lowest BCUT2D eigenvalue weighted by Gasteiger charge is -2.43. The molecule has 1 aliphatic rings. The number of hydrogen-bond donors (Lipinski definition) is 1. The maximum Gasteiger partial charge on any atom is 0.411 e. The van der Waals surface area contributed by atoms with E-state index in [4.69, 9.17) is 9.47 Å². The van der Waals surface area contributed by atoms with E-state index >= 15 is 0 Å². The van der Waals surface area contributed by atoms with Gasteiger partial charge >= 0.3 is 6.09 Å². The fourth-order valence-electron chi connectivity index (χ4n) is 2.32. The van der Waals surface area contributed by atoms with Crippen LogP contribution in [0.3, 0.4) is 0 Å². The Balaban J connectivity index is 2.57. The van der Waals surface area contributed by atoms with Crippen molar-refractivity contribution in [3.63, 3.8) is 0 Å². The van der Waals surface area contributed by atoms with Gasteiger partial charge < -0.3 is 14.6 Å². The average Bonchev–Trinajstić information content (AvgIpc) is 2.37. The van der Waals surface area contributed by atoms with Crippen LogP contribution in [0.25, 0.3) is 0 Å². The summed E-state index contributed by atoms with van der Waals surface area (Å²) in [6, 6.07) is 7.56. The van der Waals surface area contributed by atoms with Crippen LogP contribution in [-0.4, -0.2) is 36.9 Å². The molecule has 92 valence electrons. The van der Waals surface area contributed by atoms with Gasteiger partial charge in [-0.25, -0.2) is 4.79 Å². The molecule has 1 heterocycles. The highest BCUT2D eigenvalue weighted by Crippen LogP contribution is 2.36. The van der Waals surface area contributed by atoms with E-state index in [2.05, 4.69) is 0 Å². The first-order chi connectivity index (χ1) is 8.15. The van der Waals surface area contributed by atoms with Crippen molar-refractivity contribution in [1.82, 2.24) is 4.90 Å². The summed E-state index contributed by atoms with van der Waals surface area (Å²) < 4.78 is 10.7. The van der Waals surface area contributed by atoms with Crippen LogP contribution in [0.1, 0.15) is 11.1 Å². The lowest BCUT2D eigenvalue weighted by molar-refractivity contribution is -0.297. The molecular formula is C12H15NO4. The van der Waals surface area contributed by atoms with Crippen molar-refractivity contribution in [2.24, 2.45) is 0 Å². The summed E-state index contributed by atoms with van der Waals surface area (Å²) >= 11 is 0. The quantitative estimate of drug-likeness (QED) is 0.794. The van der Waals surface area contributed by atoms with Crippen molar-refractivity contribution in [3.05, 3.63) is 35.4 Å². The molecule has 0 saturated carbocycles. The minimum absolute atomic E-state index is 0.355. The number of ether oxygens (including phenoxy) is 2. The van der Waals surface area contributed by atoms with Gasteiger partial charge in [-0.3, -0.25) is 4.90 Å². The van der Waals surface area contributed by atoms with Crippen LogP contribution in [0.5, 0.6) is 0 Å². The van der Waals surface area contributed by atoms with Gasteiger partial charge in [0.25, 0.3) is 5.91 Å². The number of carbonyl (C=O) groups is 1. The zero-order chi connectivity index (χ0) is 12.5. The van der Waals surface area contributed by atoms with Crippen molar-refractivity contribution in [3.8, 4) is 0 Å². The van der Waals surface area contributed by atoms with Gasteiger partial charge in [0.2, 0.25) is 0 Å². The highest BCUT2D eigenvalue weighted by atomic mass is 16.7. The molecule has 2 rings (SSSR count). The van der Waals surface area contributed by atoms with Gasteiger partial charge in [0.15, 0.2) is 0 Å². The molecule has 0 radical (unpaired) electrons. The summed E-state index contributed by atoms with van der Waals surface area (Å²) in [5.74, 6) is -1.33. The molecule has 5 nitrogen and oxygen atoms in total. The van der Waals surface area contributed by atoms with Gasteiger partial charge in [0.05, 0.1) is 0 Å². The Bertz CT molecular complexity index is 428. The molecule has 5 heteroatoms. The van der Waals surface area contributed by atoms with Gasteiger partial charge in [0, 0.05) is 26.3 Å². The Morgan fingerprint density at radius 3 is 2.59 bits per heavy atom. The van der Waals surface area contributed by atoms with Crippen molar-refractivity contribution >= 4 is 6.09 Å². The third kappa shape index (κ3) is 1.67. The minimum atomic E-state index is -1.33. The van der Waals surface area contributed by atoms with E-state index in [0.717, 1.165) is 11.1 Å². The van der Waals surface area contributed by atoms with Crippen LogP contribution in [0, 0.1) is 0 Å².